The van der Waals surface area contributed by atoms with E-state index in [1.807, 2.05) is 30.3 Å². The van der Waals surface area contributed by atoms with Gasteiger partial charge in [0.05, 0.1) is 13.2 Å². The highest BCUT2D eigenvalue weighted by Gasteiger charge is 2.14. The van der Waals surface area contributed by atoms with E-state index < -0.39 is 0 Å². The lowest BCUT2D eigenvalue weighted by atomic mass is 9.93. The number of hydrogen-bond donors (Lipinski definition) is 2. The summed E-state index contributed by atoms with van der Waals surface area (Å²) < 4.78 is 5.54. The smallest absolute Gasteiger partial charge is 0.220 e. The molecule has 1 amide bonds. The van der Waals surface area contributed by atoms with Gasteiger partial charge in [-0.1, -0.05) is 30.3 Å². The predicted molar refractivity (Wildman–Crippen MR) is 91.2 cm³/mol. The van der Waals surface area contributed by atoms with Crippen molar-refractivity contribution in [2.24, 2.45) is 5.92 Å². The lowest BCUT2D eigenvalue weighted by Crippen LogP contribution is -2.30. The Kier molecular flexibility index (Phi) is 9.87. The second-order valence-corrected chi connectivity index (χ2v) is 5.62. The zero-order valence-corrected chi connectivity index (χ0v) is 13.9. The third-order valence-corrected chi connectivity index (χ3v) is 3.92. The van der Waals surface area contributed by atoms with E-state index in [0.29, 0.717) is 32.1 Å². The SMILES string of the molecule is Cl.O=C(CCC1CCNCC1)NCCOCc1ccccc1. The molecule has 0 aliphatic carbocycles. The molecule has 0 bridgehead atoms. The van der Waals surface area contributed by atoms with Crippen LogP contribution in [0.3, 0.4) is 0 Å². The molecule has 1 aromatic rings. The van der Waals surface area contributed by atoms with Gasteiger partial charge in [-0.15, -0.1) is 12.4 Å². The quantitative estimate of drug-likeness (QED) is 0.722. The molecule has 4 nitrogen and oxygen atoms in total. The van der Waals surface area contributed by atoms with Crippen LogP contribution in [0, 0.1) is 5.92 Å². The van der Waals surface area contributed by atoms with Crippen molar-refractivity contribution in [1.29, 1.82) is 0 Å². The van der Waals surface area contributed by atoms with Crippen molar-refractivity contribution < 1.29 is 9.53 Å². The summed E-state index contributed by atoms with van der Waals surface area (Å²) in [6.45, 7) is 3.96. The molecular formula is C17H27ClN2O2. The van der Waals surface area contributed by atoms with E-state index >= 15 is 0 Å². The Morgan fingerprint density at radius 2 is 1.95 bits per heavy atom. The third kappa shape index (κ3) is 7.78. The third-order valence-electron chi connectivity index (χ3n) is 3.92. The minimum absolute atomic E-state index is 0. The van der Waals surface area contributed by atoms with Crippen LogP contribution in [0.5, 0.6) is 0 Å². The fourth-order valence-electron chi connectivity index (χ4n) is 2.62. The highest BCUT2D eigenvalue weighted by atomic mass is 35.5. The largest absolute Gasteiger partial charge is 0.375 e. The van der Waals surface area contributed by atoms with Gasteiger partial charge in [0.2, 0.25) is 5.91 Å². The molecule has 1 saturated heterocycles. The van der Waals surface area contributed by atoms with Gasteiger partial charge in [0.1, 0.15) is 0 Å². The summed E-state index contributed by atoms with van der Waals surface area (Å²) in [5, 5.41) is 6.28. The maximum Gasteiger partial charge on any atom is 0.220 e. The Bertz CT molecular complexity index is 408. The van der Waals surface area contributed by atoms with Crippen LogP contribution < -0.4 is 10.6 Å². The van der Waals surface area contributed by atoms with Gasteiger partial charge in [0.15, 0.2) is 0 Å². The van der Waals surface area contributed by atoms with Crippen LogP contribution >= 0.6 is 12.4 Å². The van der Waals surface area contributed by atoms with Gasteiger partial charge in [-0.3, -0.25) is 4.79 Å². The molecule has 0 unspecified atom stereocenters. The number of nitrogens with one attached hydrogen (secondary N) is 2. The number of ether oxygens (including phenoxy) is 1. The van der Waals surface area contributed by atoms with Crippen LogP contribution in [-0.4, -0.2) is 32.1 Å². The molecule has 124 valence electrons. The summed E-state index contributed by atoms with van der Waals surface area (Å²) in [5.41, 5.74) is 1.16. The Morgan fingerprint density at radius 1 is 1.23 bits per heavy atom. The van der Waals surface area contributed by atoms with E-state index in [9.17, 15) is 4.79 Å². The first-order valence-electron chi connectivity index (χ1n) is 7.93. The zero-order chi connectivity index (χ0) is 14.8. The van der Waals surface area contributed by atoms with Crippen molar-refractivity contribution in [1.82, 2.24) is 10.6 Å². The molecule has 0 radical (unpaired) electrons. The van der Waals surface area contributed by atoms with E-state index in [2.05, 4.69) is 10.6 Å². The number of piperidine rings is 1. The fraction of sp³-hybridized carbons (Fsp3) is 0.588. The minimum Gasteiger partial charge on any atom is -0.375 e. The number of rotatable bonds is 8. The van der Waals surface area contributed by atoms with Crippen molar-refractivity contribution in [3.8, 4) is 0 Å². The molecular weight excluding hydrogens is 300 g/mol. The van der Waals surface area contributed by atoms with E-state index in [1.54, 1.807) is 0 Å². The normalized spacial score (nSPS) is 15.1. The molecule has 0 aromatic heterocycles. The van der Waals surface area contributed by atoms with Crippen molar-refractivity contribution in [3.05, 3.63) is 35.9 Å². The number of amides is 1. The van der Waals surface area contributed by atoms with Crippen LogP contribution in [0.2, 0.25) is 0 Å². The molecule has 1 heterocycles. The Morgan fingerprint density at radius 3 is 2.68 bits per heavy atom. The Balaban J connectivity index is 0.00000242. The van der Waals surface area contributed by atoms with Gasteiger partial charge in [-0.05, 0) is 43.8 Å². The average molecular weight is 327 g/mol. The summed E-state index contributed by atoms with van der Waals surface area (Å²) in [4.78, 5) is 11.7. The fourth-order valence-corrected chi connectivity index (χ4v) is 2.62. The topological polar surface area (TPSA) is 50.4 Å². The summed E-state index contributed by atoms with van der Waals surface area (Å²) in [5.74, 6) is 0.864. The van der Waals surface area contributed by atoms with Crippen molar-refractivity contribution in [2.45, 2.75) is 32.3 Å². The van der Waals surface area contributed by atoms with Gasteiger partial charge in [0.25, 0.3) is 0 Å². The molecule has 1 aromatic carbocycles. The van der Waals surface area contributed by atoms with Gasteiger partial charge < -0.3 is 15.4 Å². The number of benzene rings is 1. The summed E-state index contributed by atoms with van der Waals surface area (Å²) in [6.07, 6.45) is 4.06. The molecule has 0 spiro atoms. The number of carbonyl (C=O) groups is 1. The molecule has 1 aliphatic rings. The van der Waals surface area contributed by atoms with Crippen LogP contribution in [-0.2, 0) is 16.1 Å². The summed E-state index contributed by atoms with van der Waals surface area (Å²) in [7, 11) is 0. The molecule has 5 heteroatoms. The zero-order valence-electron chi connectivity index (χ0n) is 13.1. The van der Waals surface area contributed by atoms with Crippen LogP contribution in [0.15, 0.2) is 30.3 Å². The molecule has 1 aliphatic heterocycles. The second kappa shape index (κ2) is 11.5. The van der Waals surface area contributed by atoms with Crippen molar-refractivity contribution in [3.63, 3.8) is 0 Å². The lowest BCUT2D eigenvalue weighted by Gasteiger charge is -2.22. The monoisotopic (exact) mass is 326 g/mol. The van der Waals surface area contributed by atoms with Gasteiger partial charge in [0, 0.05) is 13.0 Å². The maximum absolute atomic E-state index is 11.7. The molecule has 2 rings (SSSR count). The predicted octanol–water partition coefficient (Wildman–Crippen LogP) is 2.52. The highest BCUT2D eigenvalue weighted by molar-refractivity contribution is 5.85. The Labute approximate surface area is 139 Å². The molecule has 0 saturated carbocycles. The van der Waals surface area contributed by atoms with Crippen molar-refractivity contribution in [2.75, 3.05) is 26.2 Å². The average Bonchev–Trinajstić information content (AvgIpc) is 2.54. The maximum atomic E-state index is 11.7. The van der Waals surface area contributed by atoms with Crippen LogP contribution in [0.1, 0.15) is 31.2 Å². The molecule has 1 fully saturated rings. The molecule has 2 N–H and O–H groups in total. The number of hydrogen-bond acceptors (Lipinski definition) is 3. The van der Waals surface area contributed by atoms with Crippen LogP contribution in [0.4, 0.5) is 0 Å². The summed E-state index contributed by atoms with van der Waals surface area (Å²) in [6, 6.07) is 10.1. The number of carbonyl (C=O) groups excluding carboxylic acids is 1. The first kappa shape index (κ1) is 18.9. The Hall–Kier alpha value is -1.10. The van der Waals surface area contributed by atoms with E-state index in [4.69, 9.17) is 4.74 Å². The first-order valence-corrected chi connectivity index (χ1v) is 7.93. The van der Waals surface area contributed by atoms with E-state index in [-0.39, 0.29) is 18.3 Å². The van der Waals surface area contributed by atoms with Crippen molar-refractivity contribution >= 4 is 18.3 Å². The summed E-state index contributed by atoms with van der Waals surface area (Å²) >= 11 is 0. The first-order chi connectivity index (χ1) is 10.3. The highest BCUT2D eigenvalue weighted by Crippen LogP contribution is 2.17. The van der Waals surface area contributed by atoms with Gasteiger partial charge in [-0.2, -0.15) is 0 Å². The number of halogens is 1. The molecule has 0 atom stereocenters. The minimum atomic E-state index is 0. The molecule has 22 heavy (non-hydrogen) atoms. The van der Waals surface area contributed by atoms with Gasteiger partial charge in [-0.25, -0.2) is 0 Å². The van der Waals surface area contributed by atoms with E-state index in [0.717, 1.165) is 25.1 Å². The lowest BCUT2D eigenvalue weighted by molar-refractivity contribution is -0.121. The second-order valence-electron chi connectivity index (χ2n) is 5.62. The van der Waals surface area contributed by atoms with E-state index in [1.165, 1.54) is 12.8 Å². The standard InChI is InChI=1S/C17H26N2O2.ClH/c20-17(7-6-15-8-10-18-11-9-15)19-12-13-21-14-16-4-2-1-3-5-16;/h1-5,15,18H,6-14H2,(H,19,20);1H. The van der Waals surface area contributed by atoms with Crippen LogP contribution in [0.25, 0.3) is 0 Å². The van der Waals surface area contributed by atoms with Gasteiger partial charge >= 0.3 is 0 Å².